The summed E-state index contributed by atoms with van der Waals surface area (Å²) in [5.74, 6) is 3.27. The minimum atomic E-state index is -0.550. The third kappa shape index (κ3) is 3.95. The largest absolute Gasteiger partial charge is 0.483 e. The molecule has 2 aliphatic carbocycles. The van der Waals surface area contributed by atoms with Gasteiger partial charge in [0, 0.05) is 25.7 Å². The highest BCUT2D eigenvalue weighted by Crippen LogP contribution is 2.47. The fourth-order valence-electron chi connectivity index (χ4n) is 5.43. The van der Waals surface area contributed by atoms with Gasteiger partial charge in [-0.2, -0.15) is 0 Å². The molecule has 0 aromatic heterocycles. The van der Waals surface area contributed by atoms with Crippen molar-refractivity contribution in [2.75, 3.05) is 28.4 Å². The molecule has 0 fully saturated rings. The van der Waals surface area contributed by atoms with Crippen LogP contribution in [0, 0.1) is 11.8 Å². The third-order valence-corrected chi connectivity index (χ3v) is 7.28. The number of aliphatic imine (C=N–C) groups is 4. The highest BCUT2D eigenvalue weighted by molar-refractivity contribution is 5.99. The van der Waals surface area contributed by atoms with Gasteiger partial charge in [0.1, 0.15) is 23.2 Å². The van der Waals surface area contributed by atoms with Crippen LogP contribution in [0.3, 0.4) is 0 Å². The summed E-state index contributed by atoms with van der Waals surface area (Å²) >= 11 is 0. The molecule has 0 aromatic rings. The molecular formula is C26H38N4O4. The molecule has 0 unspecified atom stereocenters. The Morgan fingerprint density at radius 3 is 1.35 bits per heavy atom. The van der Waals surface area contributed by atoms with Gasteiger partial charge in [-0.15, -0.1) is 0 Å². The second-order valence-corrected chi connectivity index (χ2v) is 10.2. The van der Waals surface area contributed by atoms with Gasteiger partial charge >= 0.3 is 0 Å². The summed E-state index contributed by atoms with van der Waals surface area (Å²) in [5.41, 5.74) is 1.40. The normalized spacial score (nSPS) is 32.9. The Hall–Kier alpha value is -2.64. The summed E-state index contributed by atoms with van der Waals surface area (Å²) in [7, 11) is 6.71. The molecule has 8 heteroatoms. The van der Waals surface area contributed by atoms with Crippen LogP contribution in [-0.4, -0.2) is 75.2 Å². The van der Waals surface area contributed by atoms with Crippen molar-refractivity contribution in [3.63, 3.8) is 0 Å². The molecule has 4 aliphatic rings. The smallest absolute Gasteiger partial charge is 0.213 e. The Morgan fingerprint density at radius 1 is 0.676 bits per heavy atom. The lowest BCUT2D eigenvalue weighted by Gasteiger charge is -2.34. The number of ether oxygens (including phenoxy) is 4. The Morgan fingerprint density at radius 2 is 1.06 bits per heavy atom. The molecule has 0 N–H and O–H groups in total. The van der Waals surface area contributed by atoms with Crippen molar-refractivity contribution in [2.24, 2.45) is 31.8 Å². The van der Waals surface area contributed by atoms with Crippen molar-refractivity contribution < 1.29 is 18.9 Å². The molecule has 0 aromatic carbocycles. The summed E-state index contributed by atoms with van der Waals surface area (Å²) in [5, 5.41) is 0. The van der Waals surface area contributed by atoms with E-state index in [-0.39, 0.29) is 23.9 Å². The van der Waals surface area contributed by atoms with Crippen LogP contribution < -0.4 is 0 Å². The molecule has 8 nitrogen and oxygen atoms in total. The van der Waals surface area contributed by atoms with Crippen LogP contribution in [0.4, 0.5) is 0 Å². The first-order chi connectivity index (χ1) is 16.2. The third-order valence-electron chi connectivity index (χ3n) is 7.28. The lowest BCUT2D eigenvalue weighted by Crippen LogP contribution is -2.45. The molecule has 0 saturated carbocycles. The lowest BCUT2D eigenvalue weighted by molar-refractivity contribution is 0.305. The van der Waals surface area contributed by atoms with Gasteiger partial charge in [-0.05, 0) is 23.0 Å². The van der Waals surface area contributed by atoms with Gasteiger partial charge < -0.3 is 18.9 Å². The van der Waals surface area contributed by atoms with Crippen LogP contribution in [0.25, 0.3) is 0 Å². The van der Waals surface area contributed by atoms with Crippen LogP contribution in [0.5, 0.6) is 0 Å². The standard InChI is InChI=1S/C26H38N4O4/c1-15(2)19-21(31-5)29-25(23(27-19)33-7)11-9-17(13-25)18-10-12-26(14-18)24(34-8)28-20(16(3)4)22(30-26)32-6/h9-10,15-16,19-20H,11-14H2,1-8H3/t19-,20-,25-,26-/m1/s1. The number of methoxy groups -OCH3 is 4. The summed E-state index contributed by atoms with van der Waals surface area (Å²) < 4.78 is 22.9. The molecule has 2 spiro atoms. The maximum Gasteiger partial charge on any atom is 0.213 e. The second kappa shape index (κ2) is 9.19. The molecular weight excluding hydrogens is 432 g/mol. The van der Waals surface area contributed by atoms with Crippen molar-refractivity contribution in [1.29, 1.82) is 0 Å². The lowest BCUT2D eigenvalue weighted by atomic mass is 9.88. The molecule has 0 amide bonds. The fourth-order valence-corrected chi connectivity index (χ4v) is 5.43. The zero-order valence-electron chi connectivity index (χ0n) is 21.7. The van der Waals surface area contributed by atoms with Gasteiger partial charge in [0.15, 0.2) is 0 Å². The highest BCUT2D eigenvalue weighted by Gasteiger charge is 2.50. The predicted molar refractivity (Wildman–Crippen MR) is 135 cm³/mol. The van der Waals surface area contributed by atoms with Crippen molar-refractivity contribution >= 4 is 23.6 Å². The molecule has 2 aliphatic heterocycles. The molecule has 4 rings (SSSR count). The monoisotopic (exact) mass is 470 g/mol. The summed E-state index contributed by atoms with van der Waals surface area (Å²) in [6, 6.07) is -0.246. The minimum Gasteiger partial charge on any atom is -0.483 e. The van der Waals surface area contributed by atoms with E-state index in [2.05, 4.69) is 39.8 Å². The number of rotatable bonds is 3. The van der Waals surface area contributed by atoms with Gasteiger partial charge in [-0.1, -0.05) is 39.8 Å². The van der Waals surface area contributed by atoms with E-state index in [1.807, 2.05) is 0 Å². The first-order valence-corrected chi connectivity index (χ1v) is 12.1. The van der Waals surface area contributed by atoms with Gasteiger partial charge in [0.2, 0.25) is 23.6 Å². The van der Waals surface area contributed by atoms with E-state index in [4.69, 9.17) is 38.9 Å². The van der Waals surface area contributed by atoms with E-state index in [9.17, 15) is 0 Å². The van der Waals surface area contributed by atoms with Crippen LogP contribution in [0.1, 0.15) is 53.4 Å². The number of nitrogens with zero attached hydrogens (tertiary/aromatic N) is 4. The van der Waals surface area contributed by atoms with Gasteiger partial charge in [-0.25, -0.2) is 20.0 Å². The van der Waals surface area contributed by atoms with Crippen molar-refractivity contribution in [2.45, 2.75) is 76.5 Å². The Kier molecular flexibility index (Phi) is 6.62. The highest BCUT2D eigenvalue weighted by atomic mass is 16.5. The minimum absolute atomic E-state index is 0.123. The van der Waals surface area contributed by atoms with E-state index < -0.39 is 11.1 Å². The van der Waals surface area contributed by atoms with Crippen molar-refractivity contribution in [3.05, 3.63) is 23.3 Å². The van der Waals surface area contributed by atoms with Crippen LogP contribution in [0.2, 0.25) is 0 Å². The molecule has 0 radical (unpaired) electrons. The maximum atomic E-state index is 5.78. The number of hydrogen-bond acceptors (Lipinski definition) is 8. The molecule has 4 atom stereocenters. The SMILES string of the molecule is COC1=N[C@@]2(CC=C(C3=CC[C@]4(C3)N=C(OC)[C@@H](C(C)C)N=C4OC)C2)C(OC)=N[C@@H]1C(C)C. The molecule has 186 valence electrons. The summed E-state index contributed by atoms with van der Waals surface area (Å²) in [4.78, 5) is 19.9. The van der Waals surface area contributed by atoms with Gasteiger partial charge in [0.05, 0.1) is 28.4 Å². The zero-order chi connectivity index (χ0) is 24.7. The van der Waals surface area contributed by atoms with E-state index in [1.54, 1.807) is 28.4 Å². The number of hydrogen-bond donors (Lipinski definition) is 0. The van der Waals surface area contributed by atoms with Crippen molar-refractivity contribution in [1.82, 2.24) is 0 Å². The topological polar surface area (TPSA) is 86.4 Å². The van der Waals surface area contributed by atoms with Crippen LogP contribution in [0.15, 0.2) is 43.3 Å². The molecule has 0 bridgehead atoms. The van der Waals surface area contributed by atoms with Crippen LogP contribution in [-0.2, 0) is 18.9 Å². The Labute approximate surface area is 202 Å². The van der Waals surface area contributed by atoms with E-state index >= 15 is 0 Å². The summed E-state index contributed by atoms with van der Waals surface area (Å²) in [6.07, 6.45) is 7.41. The molecule has 0 saturated heterocycles. The Bertz CT molecular complexity index is 926. The van der Waals surface area contributed by atoms with Gasteiger partial charge in [-0.3, -0.25) is 0 Å². The quantitative estimate of drug-likeness (QED) is 0.620. The maximum absolute atomic E-state index is 5.78. The van der Waals surface area contributed by atoms with E-state index in [0.29, 0.717) is 36.4 Å². The summed E-state index contributed by atoms with van der Waals surface area (Å²) in [6.45, 7) is 8.47. The van der Waals surface area contributed by atoms with Gasteiger partial charge in [0.25, 0.3) is 0 Å². The first-order valence-electron chi connectivity index (χ1n) is 12.1. The molecule has 2 heterocycles. The van der Waals surface area contributed by atoms with Crippen LogP contribution >= 0.6 is 0 Å². The Balaban J connectivity index is 1.58. The predicted octanol–water partition coefficient (Wildman–Crippen LogP) is 4.16. The fraction of sp³-hybridized carbons (Fsp3) is 0.692. The van der Waals surface area contributed by atoms with Crippen molar-refractivity contribution in [3.8, 4) is 0 Å². The zero-order valence-corrected chi connectivity index (χ0v) is 21.7. The van der Waals surface area contributed by atoms with E-state index in [0.717, 1.165) is 12.8 Å². The van der Waals surface area contributed by atoms with E-state index in [1.165, 1.54) is 11.1 Å². The second-order valence-electron chi connectivity index (χ2n) is 10.2. The average Bonchev–Trinajstić information content (AvgIpc) is 3.43. The average molecular weight is 471 g/mol. The molecule has 34 heavy (non-hydrogen) atoms. The first kappa shape index (κ1) is 24.5.